The highest BCUT2D eigenvalue weighted by Crippen LogP contribution is 2.22. The zero-order valence-electron chi connectivity index (χ0n) is 11.0. The van der Waals surface area contributed by atoms with Gasteiger partial charge in [0, 0.05) is 22.4 Å². The second-order valence-corrected chi connectivity index (χ2v) is 5.43. The molecule has 0 aliphatic heterocycles. The third-order valence-electron chi connectivity index (χ3n) is 3.12. The fourth-order valence-corrected chi connectivity index (χ4v) is 2.31. The van der Waals surface area contributed by atoms with Gasteiger partial charge in [-0.2, -0.15) is 0 Å². The van der Waals surface area contributed by atoms with Crippen molar-refractivity contribution >= 4 is 15.9 Å². The molecule has 0 aliphatic rings. The van der Waals surface area contributed by atoms with E-state index in [1.807, 2.05) is 44.4 Å². The van der Waals surface area contributed by atoms with E-state index in [0.29, 0.717) is 12.0 Å². The zero-order chi connectivity index (χ0) is 13.8. The van der Waals surface area contributed by atoms with Gasteiger partial charge >= 0.3 is 0 Å². The van der Waals surface area contributed by atoms with E-state index in [4.69, 9.17) is 0 Å². The van der Waals surface area contributed by atoms with Gasteiger partial charge in [-0.15, -0.1) is 0 Å². The molecule has 1 heterocycles. The van der Waals surface area contributed by atoms with Crippen molar-refractivity contribution in [2.75, 3.05) is 7.05 Å². The molecule has 0 fully saturated rings. The topological polar surface area (TPSA) is 24.9 Å². The molecule has 19 heavy (non-hydrogen) atoms. The first-order chi connectivity index (χ1) is 9.10. The number of aromatic nitrogens is 1. The third-order valence-corrected chi connectivity index (χ3v) is 3.62. The largest absolute Gasteiger partial charge is 0.313 e. The Morgan fingerprint density at radius 2 is 2.11 bits per heavy atom. The van der Waals surface area contributed by atoms with Crippen LogP contribution in [0.4, 0.5) is 4.39 Å². The normalized spacial score (nSPS) is 12.4. The molecule has 2 aromatic rings. The van der Waals surface area contributed by atoms with E-state index < -0.39 is 0 Å². The number of nitrogens with zero attached hydrogens (tertiary/aromatic N) is 1. The SMILES string of the molecule is CNC(Cc1ccc(Br)cc1F)c1ccc(C)nc1. The molecule has 2 nitrogen and oxygen atoms in total. The summed E-state index contributed by atoms with van der Waals surface area (Å²) in [5.41, 5.74) is 2.74. The Labute approximate surface area is 121 Å². The van der Waals surface area contributed by atoms with E-state index in [-0.39, 0.29) is 11.9 Å². The molecule has 0 radical (unpaired) electrons. The molecule has 0 spiro atoms. The average molecular weight is 323 g/mol. The summed E-state index contributed by atoms with van der Waals surface area (Å²) >= 11 is 3.27. The van der Waals surface area contributed by atoms with E-state index in [1.54, 1.807) is 0 Å². The summed E-state index contributed by atoms with van der Waals surface area (Å²) in [4.78, 5) is 4.28. The number of aryl methyl sites for hydroxylation is 1. The van der Waals surface area contributed by atoms with Gasteiger partial charge < -0.3 is 5.32 Å². The van der Waals surface area contributed by atoms with Crippen LogP contribution in [0.1, 0.15) is 22.9 Å². The van der Waals surface area contributed by atoms with Gasteiger partial charge in [-0.1, -0.05) is 28.1 Å². The monoisotopic (exact) mass is 322 g/mol. The van der Waals surface area contributed by atoms with Crippen LogP contribution in [0.5, 0.6) is 0 Å². The van der Waals surface area contributed by atoms with Crippen LogP contribution in [-0.2, 0) is 6.42 Å². The van der Waals surface area contributed by atoms with Crippen LogP contribution in [0.3, 0.4) is 0 Å². The van der Waals surface area contributed by atoms with E-state index in [0.717, 1.165) is 15.7 Å². The first kappa shape index (κ1) is 14.2. The fourth-order valence-electron chi connectivity index (χ4n) is 1.98. The van der Waals surface area contributed by atoms with Gasteiger partial charge in [0.15, 0.2) is 0 Å². The maximum Gasteiger partial charge on any atom is 0.127 e. The van der Waals surface area contributed by atoms with Crippen LogP contribution in [0.25, 0.3) is 0 Å². The first-order valence-electron chi connectivity index (χ1n) is 6.14. The number of rotatable bonds is 4. The molecule has 2 rings (SSSR count). The van der Waals surface area contributed by atoms with Crippen molar-refractivity contribution in [2.45, 2.75) is 19.4 Å². The molecule has 0 saturated carbocycles. The van der Waals surface area contributed by atoms with Crippen LogP contribution in [-0.4, -0.2) is 12.0 Å². The van der Waals surface area contributed by atoms with Crippen LogP contribution < -0.4 is 5.32 Å². The number of likely N-dealkylation sites (N-methyl/N-ethyl adjacent to an activating group) is 1. The smallest absolute Gasteiger partial charge is 0.127 e. The summed E-state index contributed by atoms with van der Waals surface area (Å²) in [6, 6.07) is 9.22. The molecule has 0 aliphatic carbocycles. The minimum atomic E-state index is -0.185. The van der Waals surface area contributed by atoms with E-state index >= 15 is 0 Å². The average Bonchev–Trinajstić information content (AvgIpc) is 2.39. The van der Waals surface area contributed by atoms with Gasteiger partial charge in [0.05, 0.1) is 0 Å². The highest BCUT2D eigenvalue weighted by atomic mass is 79.9. The van der Waals surface area contributed by atoms with Crippen molar-refractivity contribution in [3.8, 4) is 0 Å². The molecule has 1 unspecified atom stereocenters. The first-order valence-corrected chi connectivity index (χ1v) is 6.93. The van der Waals surface area contributed by atoms with E-state index in [2.05, 4.69) is 26.2 Å². The second kappa shape index (κ2) is 6.26. The number of hydrogen-bond acceptors (Lipinski definition) is 2. The highest BCUT2D eigenvalue weighted by Gasteiger charge is 2.13. The molecule has 1 aromatic heterocycles. The lowest BCUT2D eigenvalue weighted by Gasteiger charge is -2.17. The Balaban J connectivity index is 2.21. The predicted molar refractivity (Wildman–Crippen MR) is 78.6 cm³/mol. The Hall–Kier alpha value is -1.26. The van der Waals surface area contributed by atoms with Gasteiger partial charge in [-0.3, -0.25) is 4.98 Å². The molecule has 4 heteroatoms. The summed E-state index contributed by atoms with van der Waals surface area (Å²) in [7, 11) is 1.88. The fraction of sp³-hybridized carbons (Fsp3) is 0.267. The molecular weight excluding hydrogens is 307 g/mol. The number of benzene rings is 1. The van der Waals surface area contributed by atoms with Crippen molar-refractivity contribution in [3.05, 3.63) is 63.6 Å². The Morgan fingerprint density at radius 3 is 2.68 bits per heavy atom. The summed E-state index contributed by atoms with van der Waals surface area (Å²) in [6.07, 6.45) is 2.44. The second-order valence-electron chi connectivity index (χ2n) is 4.51. The van der Waals surface area contributed by atoms with E-state index in [9.17, 15) is 4.39 Å². The maximum atomic E-state index is 13.9. The van der Waals surface area contributed by atoms with Crippen molar-refractivity contribution in [1.82, 2.24) is 10.3 Å². The molecule has 1 atom stereocenters. The Bertz CT molecular complexity index is 555. The Kier molecular flexibility index (Phi) is 4.66. The van der Waals surface area contributed by atoms with Crippen molar-refractivity contribution in [3.63, 3.8) is 0 Å². The summed E-state index contributed by atoms with van der Waals surface area (Å²) < 4.78 is 14.6. The standard InChI is InChI=1S/C15H16BrFN2/c1-10-3-4-12(9-19-10)15(18-2)7-11-5-6-13(16)8-14(11)17/h3-6,8-9,15,18H,7H2,1-2H3. The summed E-state index contributed by atoms with van der Waals surface area (Å²) in [6.45, 7) is 1.95. The lowest BCUT2D eigenvalue weighted by Crippen LogP contribution is -2.19. The Morgan fingerprint density at radius 1 is 1.32 bits per heavy atom. The molecule has 0 bridgehead atoms. The summed E-state index contributed by atoms with van der Waals surface area (Å²) in [5, 5.41) is 3.21. The van der Waals surface area contributed by atoms with Crippen molar-refractivity contribution in [2.24, 2.45) is 0 Å². The number of hydrogen-bond donors (Lipinski definition) is 1. The predicted octanol–water partition coefficient (Wildman–Crippen LogP) is 3.79. The minimum absolute atomic E-state index is 0.0591. The minimum Gasteiger partial charge on any atom is -0.313 e. The van der Waals surface area contributed by atoms with Crippen molar-refractivity contribution in [1.29, 1.82) is 0 Å². The lowest BCUT2D eigenvalue weighted by molar-refractivity contribution is 0.552. The highest BCUT2D eigenvalue weighted by molar-refractivity contribution is 9.10. The van der Waals surface area contributed by atoms with Gasteiger partial charge in [0.1, 0.15) is 5.82 Å². The molecule has 0 amide bonds. The van der Waals surface area contributed by atoms with Crippen LogP contribution in [0, 0.1) is 12.7 Å². The summed E-state index contributed by atoms with van der Waals surface area (Å²) in [5.74, 6) is -0.185. The van der Waals surface area contributed by atoms with Gasteiger partial charge in [-0.05, 0) is 49.7 Å². The van der Waals surface area contributed by atoms with Crippen molar-refractivity contribution < 1.29 is 4.39 Å². The molecule has 1 aromatic carbocycles. The maximum absolute atomic E-state index is 13.9. The third kappa shape index (κ3) is 3.61. The zero-order valence-corrected chi connectivity index (χ0v) is 12.5. The van der Waals surface area contributed by atoms with Crippen LogP contribution in [0.15, 0.2) is 41.0 Å². The molecule has 100 valence electrons. The van der Waals surface area contributed by atoms with Crippen LogP contribution in [0.2, 0.25) is 0 Å². The van der Waals surface area contributed by atoms with Gasteiger partial charge in [0.25, 0.3) is 0 Å². The molecule has 0 saturated heterocycles. The van der Waals surface area contributed by atoms with Gasteiger partial charge in [-0.25, -0.2) is 4.39 Å². The molecule has 1 N–H and O–H groups in total. The van der Waals surface area contributed by atoms with E-state index in [1.165, 1.54) is 6.07 Å². The number of nitrogens with one attached hydrogen (secondary N) is 1. The quantitative estimate of drug-likeness (QED) is 0.926. The lowest BCUT2D eigenvalue weighted by atomic mass is 10.00. The van der Waals surface area contributed by atoms with Crippen LogP contribution >= 0.6 is 15.9 Å². The van der Waals surface area contributed by atoms with Gasteiger partial charge in [0.2, 0.25) is 0 Å². The number of halogens is 2. The number of pyridine rings is 1. The molecular formula is C15H16BrFN2.